The number of fused-ring (bicyclic) bond motifs is 3. The number of carboxylic acids is 1. The number of H-pyrrole nitrogens is 1. The third kappa shape index (κ3) is 4.39. The van der Waals surface area contributed by atoms with E-state index in [1.165, 1.54) is 18.5 Å². The maximum Gasteiger partial charge on any atom is 0.335 e. The molecule has 0 fully saturated rings. The highest BCUT2D eigenvalue weighted by molar-refractivity contribution is 6.39. The summed E-state index contributed by atoms with van der Waals surface area (Å²) in [7, 11) is 0. The number of halogens is 2. The van der Waals surface area contributed by atoms with Gasteiger partial charge in [0.05, 0.1) is 33.2 Å². The molecule has 0 aliphatic heterocycles. The molecule has 1 aliphatic rings. The lowest BCUT2D eigenvalue weighted by atomic mass is 9.74. The number of pyridine rings is 2. The summed E-state index contributed by atoms with van der Waals surface area (Å²) in [6.07, 6.45) is 5.42. The Labute approximate surface area is 210 Å². The second kappa shape index (κ2) is 8.70. The van der Waals surface area contributed by atoms with E-state index in [4.69, 9.17) is 28.2 Å². The first kappa shape index (κ1) is 23.4. The number of hydrogen-bond donors (Lipinski definition) is 3. The van der Waals surface area contributed by atoms with Gasteiger partial charge in [-0.3, -0.25) is 19.6 Å². The zero-order chi connectivity index (χ0) is 24.9. The Morgan fingerprint density at radius 1 is 1.23 bits per heavy atom. The molecule has 5 rings (SSSR count). The molecular formula is C25H23Cl2N5O3. The highest BCUT2D eigenvalue weighted by atomic mass is 35.5. The van der Waals surface area contributed by atoms with Gasteiger partial charge in [-0.25, -0.2) is 9.78 Å². The van der Waals surface area contributed by atoms with Crippen molar-refractivity contribution in [3.05, 3.63) is 79.3 Å². The Bertz CT molecular complexity index is 1520. The molecule has 0 saturated heterocycles. The number of anilines is 2. The van der Waals surface area contributed by atoms with Crippen LogP contribution in [0.2, 0.25) is 10.0 Å². The van der Waals surface area contributed by atoms with Gasteiger partial charge in [0.1, 0.15) is 5.82 Å². The Morgan fingerprint density at radius 2 is 1.97 bits per heavy atom. The third-order valence-corrected chi connectivity index (χ3v) is 7.00. The van der Waals surface area contributed by atoms with Gasteiger partial charge in [0, 0.05) is 12.4 Å². The Hall–Kier alpha value is -3.36. The lowest BCUT2D eigenvalue weighted by Crippen LogP contribution is -2.24. The standard InChI is InChI=1S/C25H23Cl2N5O3/c1-25(2)7-6-15-16(9-25)19-22(30-21(15)29-20-17(26)10-28-11-18(20)27)32(31-23(19)33)12-13-4-3-5-14(8-13)24(34)35/h3-5,8,10-11H,6-7,9,12H2,1-2H3,(H,31,33)(H,34,35)(H,28,29,30). The molecule has 4 aromatic rings. The molecule has 0 radical (unpaired) electrons. The van der Waals surface area contributed by atoms with Gasteiger partial charge in [-0.15, -0.1) is 0 Å². The summed E-state index contributed by atoms with van der Waals surface area (Å²) in [5.74, 6) is -0.422. The monoisotopic (exact) mass is 511 g/mol. The summed E-state index contributed by atoms with van der Waals surface area (Å²) >= 11 is 12.7. The van der Waals surface area contributed by atoms with Crippen LogP contribution < -0.4 is 10.9 Å². The summed E-state index contributed by atoms with van der Waals surface area (Å²) in [5, 5.41) is 16.8. The molecular weight excluding hydrogens is 489 g/mol. The number of nitrogens with one attached hydrogen (secondary N) is 2. The fraction of sp³-hybridized carbons (Fsp3) is 0.280. The van der Waals surface area contributed by atoms with Gasteiger partial charge < -0.3 is 10.4 Å². The quantitative estimate of drug-likeness (QED) is 0.329. The molecule has 8 nitrogen and oxygen atoms in total. The Morgan fingerprint density at radius 3 is 2.69 bits per heavy atom. The van der Waals surface area contributed by atoms with Crippen LogP contribution in [-0.4, -0.2) is 30.8 Å². The van der Waals surface area contributed by atoms with Gasteiger partial charge in [-0.2, -0.15) is 0 Å². The van der Waals surface area contributed by atoms with Crippen LogP contribution in [0, 0.1) is 5.41 Å². The minimum atomic E-state index is -1.01. The molecule has 1 aromatic carbocycles. The van der Waals surface area contributed by atoms with Crippen LogP contribution in [0.25, 0.3) is 11.0 Å². The first-order chi connectivity index (χ1) is 16.6. The molecule has 0 atom stereocenters. The molecule has 10 heteroatoms. The Kier molecular flexibility index (Phi) is 5.81. The predicted octanol–water partition coefficient (Wildman–Crippen LogP) is 5.43. The molecule has 3 N–H and O–H groups in total. The number of carbonyl (C=O) groups is 1. The van der Waals surface area contributed by atoms with E-state index in [0.717, 1.165) is 36.0 Å². The second-order valence-electron chi connectivity index (χ2n) is 9.59. The smallest absolute Gasteiger partial charge is 0.335 e. The summed E-state index contributed by atoms with van der Waals surface area (Å²) in [4.78, 5) is 33.4. The van der Waals surface area contributed by atoms with Crippen molar-refractivity contribution in [1.82, 2.24) is 19.7 Å². The topological polar surface area (TPSA) is 113 Å². The zero-order valence-corrected chi connectivity index (χ0v) is 20.7. The number of aromatic carboxylic acids is 1. The molecule has 0 amide bonds. The minimum absolute atomic E-state index is 0.0227. The predicted molar refractivity (Wildman–Crippen MR) is 136 cm³/mol. The molecule has 0 saturated carbocycles. The van der Waals surface area contributed by atoms with E-state index in [0.29, 0.717) is 32.6 Å². The second-order valence-corrected chi connectivity index (χ2v) is 10.4. The summed E-state index contributed by atoms with van der Waals surface area (Å²) in [6.45, 7) is 4.63. The van der Waals surface area contributed by atoms with Crippen molar-refractivity contribution in [2.45, 2.75) is 39.7 Å². The van der Waals surface area contributed by atoms with Crippen LogP contribution >= 0.6 is 23.2 Å². The molecule has 1 aliphatic carbocycles. The van der Waals surface area contributed by atoms with Crippen LogP contribution in [-0.2, 0) is 19.4 Å². The van der Waals surface area contributed by atoms with Crippen LogP contribution in [0.3, 0.4) is 0 Å². The number of benzene rings is 1. The first-order valence-electron chi connectivity index (χ1n) is 11.2. The molecule has 180 valence electrons. The number of hydrogen-bond acceptors (Lipinski definition) is 5. The first-order valence-corrected chi connectivity index (χ1v) is 11.9. The van der Waals surface area contributed by atoms with E-state index in [9.17, 15) is 14.7 Å². The van der Waals surface area contributed by atoms with Crippen molar-refractivity contribution >= 4 is 51.7 Å². The average molecular weight is 512 g/mol. The number of aromatic amines is 1. The lowest BCUT2D eigenvalue weighted by Gasteiger charge is -2.32. The molecule has 0 unspecified atom stereocenters. The molecule has 3 heterocycles. The van der Waals surface area contributed by atoms with Crippen molar-refractivity contribution < 1.29 is 9.90 Å². The lowest BCUT2D eigenvalue weighted by molar-refractivity contribution is 0.0696. The van der Waals surface area contributed by atoms with Crippen LogP contribution in [0.1, 0.15) is 47.3 Å². The summed E-state index contributed by atoms with van der Waals surface area (Å²) in [5.41, 5.74) is 3.62. The summed E-state index contributed by atoms with van der Waals surface area (Å²) in [6, 6.07) is 6.61. The van der Waals surface area contributed by atoms with E-state index in [1.807, 2.05) is 6.07 Å². The highest BCUT2D eigenvalue weighted by Gasteiger charge is 2.31. The molecule has 0 spiro atoms. The fourth-order valence-electron chi connectivity index (χ4n) is 4.67. The van der Waals surface area contributed by atoms with Crippen LogP contribution in [0.4, 0.5) is 11.5 Å². The largest absolute Gasteiger partial charge is 0.478 e. The van der Waals surface area contributed by atoms with Gasteiger partial charge in [-0.1, -0.05) is 49.2 Å². The fourth-order valence-corrected chi connectivity index (χ4v) is 5.13. The van der Waals surface area contributed by atoms with Crippen molar-refractivity contribution in [3.8, 4) is 0 Å². The molecule has 35 heavy (non-hydrogen) atoms. The van der Waals surface area contributed by atoms with Crippen LogP contribution in [0.5, 0.6) is 0 Å². The number of carboxylic acid groups (broad SMARTS) is 1. The van der Waals surface area contributed by atoms with Gasteiger partial charge in [-0.05, 0) is 53.5 Å². The van der Waals surface area contributed by atoms with Gasteiger partial charge in [0.25, 0.3) is 5.56 Å². The van der Waals surface area contributed by atoms with E-state index in [-0.39, 0.29) is 23.1 Å². The zero-order valence-electron chi connectivity index (χ0n) is 19.2. The van der Waals surface area contributed by atoms with Crippen molar-refractivity contribution in [3.63, 3.8) is 0 Å². The maximum absolute atomic E-state index is 13.1. The number of rotatable bonds is 5. The average Bonchev–Trinajstić information content (AvgIpc) is 3.10. The van der Waals surface area contributed by atoms with E-state index >= 15 is 0 Å². The van der Waals surface area contributed by atoms with E-state index in [1.54, 1.807) is 16.8 Å². The third-order valence-electron chi connectivity index (χ3n) is 6.43. The molecule has 0 bridgehead atoms. The van der Waals surface area contributed by atoms with Gasteiger partial charge in [0.15, 0.2) is 5.65 Å². The van der Waals surface area contributed by atoms with Crippen molar-refractivity contribution in [2.75, 3.05) is 5.32 Å². The van der Waals surface area contributed by atoms with Crippen molar-refractivity contribution in [2.24, 2.45) is 5.41 Å². The van der Waals surface area contributed by atoms with Crippen molar-refractivity contribution in [1.29, 1.82) is 0 Å². The van der Waals surface area contributed by atoms with Crippen LogP contribution in [0.15, 0.2) is 41.5 Å². The number of nitrogens with zero attached hydrogens (tertiary/aromatic N) is 3. The summed E-state index contributed by atoms with van der Waals surface area (Å²) < 4.78 is 1.65. The normalized spacial score (nSPS) is 14.6. The number of aromatic nitrogens is 4. The van der Waals surface area contributed by atoms with E-state index in [2.05, 4.69) is 29.2 Å². The van der Waals surface area contributed by atoms with E-state index < -0.39 is 5.97 Å². The Balaban J connectivity index is 1.69. The SMILES string of the molecule is CC1(C)CCc2c(Nc3c(Cl)cncc3Cl)nc3c(c2C1)c(=O)[nH]n3Cc1cccc(C(=O)O)c1. The van der Waals surface area contributed by atoms with Gasteiger partial charge >= 0.3 is 5.97 Å². The maximum atomic E-state index is 13.1. The minimum Gasteiger partial charge on any atom is -0.478 e. The molecule has 3 aromatic heterocycles. The van der Waals surface area contributed by atoms with Gasteiger partial charge in [0.2, 0.25) is 0 Å². The highest BCUT2D eigenvalue weighted by Crippen LogP contribution is 2.41.